The second-order valence-electron chi connectivity index (χ2n) is 8.15. The highest BCUT2D eigenvalue weighted by Crippen LogP contribution is 2.32. The molecule has 2 heterocycles. The first kappa shape index (κ1) is 19.1. The largest absolute Gasteiger partial charge is 0.440 e. The molecule has 0 bridgehead atoms. The zero-order valence-corrected chi connectivity index (χ0v) is 17.2. The highest BCUT2D eigenvalue weighted by atomic mass is 35.5. The molecular formula is C23H22ClN3O3. The third-order valence-electron chi connectivity index (χ3n) is 5.74. The lowest BCUT2D eigenvalue weighted by atomic mass is 10.1. The van der Waals surface area contributed by atoms with Crippen molar-refractivity contribution >= 4 is 34.5 Å². The summed E-state index contributed by atoms with van der Waals surface area (Å²) in [6.07, 6.45) is 3.30. The topological polar surface area (TPSA) is 75.4 Å². The van der Waals surface area contributed by atoms with Gasteiger partial charge in [-0.2, -0.15) is 0 Å². The number of carbonyl (C=O) groups excluding carboxylic acids is 2. The van der Waals surface area contributed by atoms with E-state index in [0.29, 0.717) is 53.0 Å². The Morgan fingerprint density at radius 3 is 2.77 bits per heavy atom. The van der Waals surface area contributed by atoms with Crippen molar-refractivity contribution in [1.82, 2.24) is 15.2 Å². The molecule has 5 rings (SSSR count). The summed E-state index contributed by atoms with van der Waals surface area (Å²) in [5, 5.41) is 3.66. The van der Waals surface area contributed by atoms with E-state index in [1.807, 2.05) is 29.2 Å². The van der Waals surface area contributed by atoms with Crippen LogP contribution in [0.1, 0.15) is 41.1 Å². The number of carbonyl (C=O) groups is 2. The smallest absolute Gasteiger partial charge is 0.251 e. The van der Waals surface area contributed by atoms with Gasteiger partial charge in [0.1, 0.15) is 5.52 Å². The van der Waals surface area contributed by atoms with Crippen LogP contribution in [-0.4, -0.2) is 40.8 Å². The minimum atomic E-state index is -0.156. The standard InChI is InChI=1S/C23H22ClN3O3/c24-17-4-1-14(2-5-17)9-21-26-19-11-16(3-8-20(19)30-21)23(29)25-12-15-10-22(28)27(13-15)18-6-7-18/h1-5,8,11,15,18H,6-7,9-10,12-13H2,(H,25,29). The van der Waals surface area contributed by atoms with E-state index in [0.717, 1.165) is 24.9 Å². The van der Waals surface area contributed by atoms with Gasteiger partial charge in [-0.15, -0.1) is 0 Å². The Kier molecular flexibility index (Phi) is 4.95. The maximum atomic E-state index is 12.6. The molecular weight excluding hydrogens is 402 g/mol. The van der Waals surface area contributed by atoms with E-state index in [9.17, 15) is 9.59 Å². The third-order valence-corrected chi connectivity index (χ3v) is 5.99. The normalized spacial score (nSPS) is 18.9. The Labute approximate surface area is 179 Å². The number of hydrogen-bond donors (Lipinski definition) is 1. The van der Waals surface area contributed by atoms with E-state index < -0.39 is 0 Å². The highest BCUT2D eigenvalue weighted by Gasteiger charge is 2.39. The maximum absolute atomic E-state index is 12.6. The van der Waals surface area contributed by atoms with Gasteiger partial charge in [-0.05, 0) is 48.7 Å². The summed E-state index contributed by atoms with van der Waals surface area (Å²) >= 11 is 5.93. The lowest BCUT2D eigenvalue weighted by molar-refractivity contribution is -0.128. The first-order chi connectivity index (χ1) is 14.5. The summed E-state index contributed by atoms with van der Waals surface area (Å²) in [5.41, 5.74) is 2.90. The zero-order valence-electron chi connectivity index (χ0n) is 16.4. The van der Waals surface area contributed by atoms with Crippen LogP contribution in [0.5, 0.6) is 0 Å². The average molecular weight is 424 g/mol. The fourth-order valence-electron chi connectivity index (χ4n) is 3.99. The third kappa shape index (κ3) is 4.05. The van der Waals surface area contributed by atoms with Gasteiger partial charge in [0, 0.05) is 48.5 Å². The molecule has 2 amide bonds. The molecule has 1 atom stereocenters. The molecule has 1 unspecified atom stereocenters. The first-order valence-corrected chi connectivity index (χ1v) is 10.6. The van der Waals surface area contributed by atoms with Crippen molar-refractivity contribution in [2.75, 3.05) is 13.1 Å². The van der Waals surface area contributed by atoms with E-state index >= 15 is 0 Å². The van der Waals surface area contributed by atoms with E-state index in [1.165, 1.54) is 0 Å². The fourth-order valence-corrected chi connectivity index (χ4v) is 4.12. The molecule has 3 aromatic rings. The second kappa shape index (κ2) is 7.76. The Bertz CT molecular complexity index is 1100. The number of benzene rings is 2. The molecule has 154 valence electrons. The molecule has 1 saturated heterocycles. The van der Waals surface area contributed by atoms with E-state index in [4.69, 9.17) is 16.0 Å². The number of oxazole rings is 1. The van der Waals surface area contributed by atoms with Gasteiger partial charge < -0.3 is 14.6 Å². The minimum absolute atomic E-state index is 0.156. The Balaban J connectivity index is 1.22. The van der Waals surface area contributed by atoms with Gasteiger partial charge in [-0.25, -0.2) is 4.98 Å². The number of fused-ring (bicyclic) bond motifs is 1. The molecule has 2 aromatic carbocycles. The molecule has 1 aliphatic carbocycles. The van der Waals surface area contributed by atoms with Crippen molar-refractivity contribution in [1.29, 1.82) is 0 Å². The van der Waals surface area contributed by atoms with Gasteiger partial charge in [0.2, 0.25) is 5.91 Å². The van der Waals surface area contributed by atoms with Crippen molar-refractivity contribution in [3.05, 3.63) is 64.5 Å². The molecule has 6 nitrogen and oxygen atoms in total. The number of hydrogen-bond acceptors (Lipinski definition) is 4. The monoisotopic (exact) mass is 423 g/mol. The van der Waals surface area contributed by atoms with Crippen LogP contribution < -0.4 is 5.32 Å². The quantitative estimate of drug-likeness (QED) is 0.654. The average Bonchev–Trinajstić information content (AvgIpc) is 3.39. The van der Waals surface area contributed by atoms with Crippen molar-refractivity contribution in [3.63, 3.8) is 0 Å². The number of rotatable bonds is 6. The molecule has 0 radical (unpaired) electrons. The first-order valence-electron chi connectivity index (χ1n) is 10.3. The molecule has 1 N–H and O–H groups in total. The molecule has 2 fully saturated rings. The summed E-state index contributed by atoms with van der Waals surface area (Å²) in [5.74, 6) is 0.837. The number of nitrogens with zero attached hydrogens (tertiary/aromatic N) is 2. The Morgan fingerprint density at radius 1 is 1.20 bits per heavy atom. The predicted octanol–water partition coefficient (Wildman–Crippen LogP) is 3.81. The number of aromatic nitrogens is 1. The van der Waals surface area contributed by atoms with E-state index in [1.54, 1.807) is 18.2 Å². The molecule has 1 aliphatic heterocycles. The lowest BCUT2D eigenvalue weighted by Crippen LogP contribution is -2.32. The maximum Gasteiger partial charge on any atom is 0.251 e. The summed E-state index contributed by atoms with van der Waals surface area (Å²) in [6.45, 7) is 1.26. The van der Waals surface area contributed by atoms with E-state index in [2.05, 4.69) is 10.3 Å². The number of nitrogens with one attached hydrogen (secondary N) is 1. The van der Waals surface area contributed by atoms with Crippen molar-refractivity contribution in [3.8, 4) is 0 Å². The van der Waals surface area contributed by atoms with E-state index in [-0.39, 0.29) is 17.7 Å². The van der Waals surface area contributed by atoms with Crippen LogP contribution in [0.25, 0.3) is 11.1 Å². The number of amides is 2. The van der Waals surface area contributed by atoms with Crippen molar-refractivity contribution in [2.24, 2.45) is 5.92 Å². The summed E-state index contributed by atoms with van der Waals surface area (Å²) in [6, 6.07) is 13.3. The van der Waals surface area contributed by atoms with Crippen LogP contribution in [0.3, 0.4) is 0 Å². The molecule has 0 spiro atoms. The van der Waals surface area contributed by atoms with Gasteiger partial charge in [0.05, 0.1) is 0 Å². The molecule has 7 heteroatoms. The summed E-state index contributed by atoms with van der Waals surface area (Å²) in [4.78, 5) is 31.2. The van der Waals surface area contributed by atoms with Crippen LogP contribution in [0, 0.1) is 5.92 Å². The minimum Gasteiger partial charge on any atom is -0.440 e. The van der Waals surface area contributed by atoms with Crippen LogP contribution in [0.15, 0.2) is 46.9 Å². The van der Waals surface area contributed by atoms with Crippen LogP contribution in [0.2, 0.25) is 5.02 Å². The van der Waals surface area contributed by atoms with Gasteiger partial charge in [-0.1, -0.05) is 23.7 Å². The zero-order chi connectivity index (χ0) is 20.7. The highest BCUT2D eigenvalue weighted by molar-refractivity contribution is 6.30. The molecule has 1 aromatic heterocycles. The summed E-state index contributed by atoms with van der Waals surface area (Å²) < 4.78 is 5.81. The summed E-state index contributed by atoms with van der Waals surface area (Å²) in [7, 11) is 0. The van der Waals surface area contributed by atoms with Crippen LogP contribution in [-0.2, 0) is 11.2 Å². The lowest BCUT2D eigenvalue weighted by Gasteiger charge is -2.15. The molecule has 2 aliphatic rings. The fraction of sp³-hybridized carbons (Fsp3) is 0.348. The Hall–Kier alpha value is -2.86. The molecule has 30 heavy (non-hydrogen) atoms. The van der Waals surface area contributed by atoms with Gasteiger partial charge in [0.25, 0.3) is 5.91 Å². The number of halogens is 1. The van der Waals surface area contributed by atoms with Crippen molar-refractivity contribution in [2.45, 2.75) is 31.7 Å². The second-order valence-corrected chi connectivity index (χ2v) is 8.59. The van der Waals surface area contributed by atoms with Crippen LogP contribution in [0.4, 0.5) is 0 Å². The SMILES string of the molecule is O=C(NCC1CC(=O)N(C2CC2)C1)c1ccc2oc(Cc3ccc(Cl)cc3)nc2c1. The number of likely N-dealkylation sites (tertiary alicyclic amines) is 1. The Morgan fingerprint density at radius 2 is 2.00 bits per heavy atom. The predicted molar refractivity (Wildman–Crippen MR) is 113 cm³/mol. The molecule has 1 saturated carbocycles. The van der Waals surface area contributed by atoms with Crippen molar-refractivity contribution < 1.29 is 14.0 Å². The van der Waals surface area contributed by atoms with Gasteiger partial charge in [0.15, 0.2) is 11.5 Å². The van der Waals surface area contributed by atoms with Gasteiger partial charge in [-0.3, -0.25) is 9.59 Å². The van der Waals surface area contributed by atoms with Gasteiger partial charge >= 0.3 is 0 Å². The van der Waals surface area contributed by atoms with Crippen LogP contribution >= 0.6 is 11.6 Å².